The third-order valence-electron chi connectivity index (χ3n) is 4.14. The lowest BCUT2D eigenvalue weighted by atomic mass is 9.86. The van der Waals surface area contributed by atoms with Crippen LogP contribution in [-0.2, 0) is 16.6 Å². The van der Waals surface area contributed by atoms with Crippen molar-refractivity contribution in [3.8, 4) is 11.6 Å². The molecule has 1 aromatic carbocycles. The molecule has 0 spiro atoms. The Morgan fingerprint density at radius 2 is 2.04 bits per heavy atom. The minimum Gasteiger partial charge on any atom is -0.439 e. The maximum absolute atomic E-state index is 11.9. The van der Waals surface area contributed by atoms with E-state index in [-0.39, 0.29) is 17.6 Å². The van der Waals surface area contributed by atoms with Gasteiger partial charge in [-0.1, -0.05) is 39.8 Å². The van der Waals surface area contributed by atoms with Gasteiger partial charge in [-0.2, -0.15) is 0 Å². The molecule has 0 aliphatic heterocycles. The summed E-state index contributed by atoms with van der Waals surface area (Å²) in [7, 11) is 0. The summed E-state index contributed by atoms with van der Waals surface area (Å²) in [5, 5.41) is 0. The number of hydrogen-bond donors (Lipinski definition) is 1. The Morgan fingerprint density at radius 1 is 1.31 bits per heavy atom. The number of carbonyl (C=O) groups excluding carboxylic acids is 1. The van der Waals surface area contributed by atoms with Crippen molar-refractivity contribution in [1.29, 1.82) is 0 Å². The molecule has 0 amide bonds. The maximum atomic E-state index is 11.9. The molecule has 2 N–H and O–H groups in total. The molecule has 1 atom stereocenters. The molecular formula is C21H25N3O2. The number of nitrogens with zero attached hydrogens (tertiary/aromatic N) is 2. The minimum atomic E-state index is -0.429. The van der Waals surface area contributed by atoms with Gasteiger partial charge >= 0.3 is 0 Å². The van der Waals surface area contributed by atoms with E-state index < -0.39 is 6.04 Å². The van der Waals surface area contributed by atoms with Gasteiger partial charge in [-0.15, -0.1) is 0 Å². The van der Waals surface area contributed by atoms with Gasteiger partial charge in [-0.25, -0.2) is 9.83 Å². The molecule has 0 fully saturated rings. The van der Waals surface area contributed by atoms with Gasteiger partial charge in [0.25, 0.3) is 0 Å². The SMILES string of the molecule is [C-]#[N+]c1ccc(Oc2ccc(CC(=O)[C@H](N)CC)cn2)c(C(C)(C)C)c1. The fourth-order valence-corrected chi connectivity index (χ4v) is 2.51. The van der Waals surface area contributed by atoms with Crippen LogP contribution in [0.5, 0.6) is 11.6 Å². The van der Waals surface area contributed by atoms with Crippen molar-refractivity contribution in [3.05, 3.63) is 59.1 Å². The highest BCUT2D eigenvalue weighted by molar-refractivity contribution is 5.85. The lowest BCUT2D eigenvalue weighted by Gasteiger charge is -2.23. The first kappa shape index (κ1) is 19.6. The number of rotatable bonds is 6. The van der Waals surface area contributed by atoms with Crippen LogP contribution in [0.4, 0.5) is 5.69 Å². The van der Waals surface area contributed by atoms with E-state index in [2.05, 4.69) is 30.6 Å². The number of pyridine rings is 1. The average Bonchev–Trinajstić information content (AvgIpc) is 2.62. The number of aromatic nitrogens is 1. The third-order valence-corrected chi connectivity index (χ3v) is 4.14. The summed E-state index contributed by atoms with van der Waals surface area (Å²) < 4.78 is 5.94. The number of hydrogen-bond acceptors (Lipinski definition) is 4. The first-order valence-corrected chi connectivity index (χ1v) is 8.67. The number of ether oxygens (including phenoxy) is 1. The quantitative estimate of drug-likeness (QED) is 0.774. The summed E-state index contributed by atoms with van der Waals surface area (Å²) in [5.41, 5.74) is 7.93. The predicted molar refractivity (Wildman–Crippen MR) is 103 cm³/mol. The van der Waals surface area contributed by atoms with Crippen molar-refractivity contribution in [2.45, 2.75) is 52.0 Å². The molecule has 0 radical (unpaired) electrons. The molecule has 2 aromatic rings. The molecule has 26 heavy (non-hydrogen) atoms. The van der Waals surface area contributed by atoms with Crippen molar-refractivity contribution in [1.82, 2.24) is 4.98 Å². The van der Waals surface area contributed by atoms with Crippen LogP contribution in [0, 0.1) is 6.57 Å². The summed E-state index contributed by atoms with van der Waals surface area (Å²) >= 11 is 0. The smallest absolute Gasteiger partial charge is 0.219 e. The molecule has 0 saturated carbocycles. The molecule has 1 heterocycles. The average molecular weight is 351 g/mol. The third kappa shape index (κ3) is 4.90. The van der Waals surface area contributed by atoms with E-state index in [1.54, 1.807) is 24.4 Å². The topological polar surface area (TPSA) is 69.6 Å². The zero-order chi connectivity index (χ0) is 19.3. The number of Topliss-reactive ketones (excluding diaryl/α,β-unsaturated/α-hetero) is 1. The van der Waals surface area contributed by atoms with Gasteiger partial charge in [0, 0.05) is 18.7 Å². The standard InChI is InChI=1S/C21H25N3O2/c1-6-17(22)18(25)11-14-7-10-20(24-13-14)26-19-9-8-15(23-5)12-16(19)21(2,3)4/h7-10,12-13,17H,6,11,22H2,1-4H3/t17-/m1/s1. The molecular weight excluding hydrogens is 326 g/mol. The van der Waals surface area contributed by atoms with Gasteiger partial charge in [-0.05, 0) is 35.1 Å². The fraction of sp³-hybridized carbons (Fsp3) is 0.381. The second-order valence-corrected chi connectivity index (χ2v) is 7.31. The number of carbonyl (C=O) groups is 1. The fourth-order valence-electron chi connectivity index (χ4n) is 2.51. The second kappa shape index (κ2) is 8.11. The lowest BCUT2D eigenvalue weighted by Crippen LogP contribution is -2.30. The van der Waals surface area contributed by atoms with E-state index in [1.165, 1.54) is 0 Å². The van der Waals surface area contributed by atoms with E-state index in [4.69, 9.17) is 17.0 Å². The molecule has 5 heteroatoms. The highest BCUT2D eigenvalue weighted by Crippen LogP contribution is 2.36. The van der Waals surface area contributed by atoms with E-state index in [0.717, 1.165) is 11.1 Å². The molecule has 1 aromatic heterocycles. The van der Waals surface area contributed by atoms with Crippen molar-refractivity contribution in [3.63, 3.8) is 0 Å². The van der Waals surface area contributed by atoms with E-state index in [0.29, 0.717) is 23.7 Å². The Kier molecular flexibility index (Phi) is 6.12. The van der Waals surface area contributed by atoms with E-state index in [1.807, 2.05) is 19.1 Å². The van der Waals surface area contributed by atoms with Crippen molar-refractivity contribution >= 4 is 11.5 Å². The normalized spacial score (nSPS) is 12.3. The molecule has 0 bridgehead atoms. The Morgan fingerprint density at radius 3 is 2.58 bits per heavy atom. The molecule has 0 saturated heterocycles. The van der Waals surface area contributed by atoms with Crippen LogP contribution in [0.1, 0.15) is 45.2 Å². The van der Waals surface area contributed by atoms with Gasteiger partial charge in [0.2, 0.25) is 5.88 Å². The van der Waals surface area contributed by atoms with Crippen molar-refractivity contribution in [2.24, 2.45) is 5.73 Å². The predicted octanol–water partition coefficient (Wildman–Crippen LogP) is 4.57. The highest BCUT2D eigenvalue weighted by atomic mass is 16.5. The number of benzene rings is 1. The summed E-state index contributed by atoms with van der Waals surface area (Å²) in [6.07, 6.45) is 2.54. The van der Waals surface area contributed by atoms with Crippen LogP contribution >= 0.6 is 0 Å². The molecule has 0 unspecified atom stereocenters. The van der Waals surface area contributed by atoms with Crippen LogP contribution in [0.2, 0.25) is 0 Å². The van der Waals surface area contributed by atoms with Crippen LogP contribution in [-0.4, -0.2) is 16.8 Å². The Bertz CT molecular complexity index is 815. The zero-order valence-electron chi connectivity index (χ0n) is 15.7. The molecule has 0 aliphatic carbocycles. The molecule has 136 valence electrons. The first-order valence-electron chi connectivity index (χ1n) is 8.67. The van der Waals surface area contributed by atoms with E-state index in [9.17, 15) is 4.79 Å². The maximum Gasteiger partial charge on any atom is 0.219 e. The van der Waals surface area contributed by atoms with Crippen molar-refractivity contribution in [2.75, 3.05) is 0 Å². The second-order valence-electron chi connectivity index (χ2n) is 7.31. The number of ketones is 1. The lowest BCUT2D eigenvalue weighted by molar-refractivity contribution is -0.119. The van der Waals surface area contributed by atoms with Gasteiger partial charge in [0.05, 0.1) is 12.6 Å². The van der Waals surface area contributed by atoms with Gasteiger partial charge in [-0.3, -0.25) is 4.79 Å². The largest absolute Gasteiger partial charge is 0.439 e. The van der Waals surface area contributed by atoms with Crippen LogP contribution in [0.15, 0.2) is 36.5 Å². The van der Waals surface area contributed by atoms with E-state index >= 15 is 0 Å². The molecule has 0 aliphatic rings. The zero-order valence-corrected chi connectivity index (χ0v) is 15.7. The van der Waals surface area contributed by atoms with Gasteiger partial charge in [0.15, 0.2) is 11.5 Å². The van der Waals surface area contributed by atoms with Crippen LogP contribution in [0.25, 0.3) is 4.85 Å². The Balaban J connectivity index is 2.19. The van der Waals surface area contributed by atoms with Crippen LogP contribution < -0.4 is 10.5 Å². The van der Waals surface area contributed by atoms with Crippen molar-refractivity contribution < 1.29 is 9.53 Å². The van der Waals surface area contributed by atoms with Crippen LogP contribution in [0.3, 0.4) is 0 Å². The monoisotopic (exact) mass is 351 g/mol. The Labute approximate surface area is 155 Å². The molecule has 5 nitrogen and oxygen atoms in total. The van der Waals surface area contributed by atoms with Gasteiger partial charge in [0.1, 0.15) is 5.75 Å². The van der Waals surface area contributed by atoms with Gasteiger partial charge < -0.3 is 10.5 Å². The molecule has 2 rings (SSSR count). The summed E-state index contributed by atoms with van der Waals surface area (Å²) in [6.45, 7) is 15.3. The minimum absolute atomic E-state index is 0.00715. The summed E-state index contributed by atoms with van der Waals surface area (Å²) in [4.78, 5) is 19.7. The number of nitrogens with two attached hydrogens (primary N) is 1. The Hall–Kier alpha value is -2.71. The highest BCUT2D eigenvalue weighted by Gasteiger charge is 2.20. The summed E-state index contributed by atoms with van der Waals surface area (Å²) in [5.74, 6) is 1.13. The summed E-state index contributed by atoms with van der Waals surface area (Å²) in [6, 6.07) is 8.52. The first-order chi connectivity index (χ1) is 12.2.